The Morgan fingerprint density at radius 2 is 1.76 bits per heavy atom. The number of carbonyl (C=O) groups is 2. The number of carbonyl (C=O) groups excluding carboxylic acids is 2. The van der Waals surface area contributed by atoms with Crippen molar-refractivity contribution in [1.82, 2.24) is 19.8 Å². The van der Waals surface area contributed by atoms with Crippen molar-refractivity contribution < 1.29 is 23.1 Å². The molecule has 1 aromatic carbocycles. The third-order valence-electron chi connectivity index (χ3n) is 8.38. The average Bonchev–Trinajstić information content (AvgIpc) is 3.40. The smallest absolute Gasteiger partial charge is 0.410 e. The van der Waals surface area contributed by atoms with Crippen LogP contribution in [0.1, 0.15) is 93.1 Å². The molecule has 0 unspecified atom stereocenters. The van der Waals surface area contributed by atoms with Crippen LogP contribution in [0.3, 0.4) is 0 Å². The summed E-state index contributed by atoms with van der Waals surface area (Å²) in [5.74, 6) is -0.648. The quantitative estimate of drug-likeness (QED) is 0.175. The molecule has 0 aliphatic carbocycles. The van der Waals surface area contributed by atoms with Gasteiger partial charge < -0.3 is 14.1 Å². The molecule has 247 valence electrons. The Kier molecular flexibility index (Phi) is 11.0. The van der Waals surface area contributed by atoms with Gasteiger partial charge in [-0.1, -0.05) is 39.0 Å². The van der Waals surface area contributed by atoms with Crippen molar-refractivity contribution in [2.75, 3.05) is 7.05 Å². The Bertz CT molecular complexity index is 1490. The second kappa shape index (κ2) is 14.4. The van der Waals surface area contributed by atoms with Gasteiger partial charge in [0, 0.05) is 49.4 Å². The molecule has 0 saturated carbocycles. The van der Waals surface area contributed by atoms with Gasteiger partial charge >= 0.3 is 6.09 Å². The van der Waals surface area contributed by atoms with Crippen LogP contribution in [0.15, 0.2) is 61.1 Å². The molecule has 3 aromatic rings. The normalized spacial score (nSPS) is 17.7. The standard InChI is InChI=1S/C36H48FN4O4Si/c1-24-19-26(21-39-32(24)37)23-40(8)33(42)27-14-12-25(13-15-27)20-29-16-17-30(41(29)34(43)44-35(2,3)4)31(28-11-10-18-38-22-28)45-46(9)36(5,6)7/h10-15,18-19,21-22,29-31H,16-17,20,23H2,1-9H3/t29-,30+,31+/m0/s1. The van der Waals surface area contributed by atoms with Crippen molar-refractivity contribution in [3.05, 3.63) is 94.8 Å². The highest BCUT2D eigenvalue weighted by molar-refractivity contribution is 6.53. The van der Waals surface area contributed by atoms with Gasteiger partial charge in [-0.15, -0.1) is 0 Å². The molecule has 1 fully saturated rings. The topological polar surface area (TPSA) is 84.9 Å². The van der Waals surface area contributed by atoms with Crippen LogP contribution in [-0.2, 0) is 22.1 Å². The van der Waals surface area contributed by atoms with E-state index in [9.17, 15) is 14.0 Å². The molecule has 46 heavy (non-hydrogen) atoms. The van der Waals surface area contributed by atoms with Crippen molar-refractivity contribution >= 4 is 21.0 Å². The fraction of sp³-hybridized carbons (Fsp3) is 0.500. The van der Waals surface area contributed by atoms with Gasteiger partial charge in [-0.05, 0) is 99.5 Å². The zero-order chi connectivity index (χ0) is 33.8. The molecular formula is C36H48FN4O4Si. The third-order valence-corrected chi connectivity index (χ3v) is 11.1. The first-order valence-electron chi connectivity index (χ1n) is 15.9. The van der Waals surface area contributed by atoms with Crippen molar-refractivity contribution in [2.45, 2.75) is 110 Å². The maximum atomic E-state index is 13.9. The van der Waals surface area contributed by atoms with Gasteiger partial charge in [0.1, 0.15) is 5.60 Å². The van der Waals surface area contributed by atoms with Crippen LogP contribution >= 0.6 is 0 Å². The van der Waals surface area contributed by atoms with Crippen LogP contribution in [0.5, 0.6) is 0 Å². The highest BCUT2D eigenvalue weighted by atomic mass is 28.3. The summed E-state index contributed by atoms with van der Waals surface area (Å²) in [5, 5.41) is 0.00196. The minimum atomic E-state index is -1.25. The SMILES string of the molecule is Cc1cc(CN(C)C(=O)c2ccc(C[C@@H]3CC[C@H]([C@H](O[Si](C)C(C)(C)C)c4cccnc4)N3C(=O)OC(C)(C)C)cc2)cnc1F. The maximum absolute atomic E-state index is 13.9. The van der Waals surface area contributed by atoms with Crippen LogP contribution < -0.4 is 0 Å². The molecule has 1 aliphatic heterocycles. The van der Waals surface area contributed by atoms with Gasteiger partial charge in [0.15, 0.2) is 0 Å². The fourth-order valence-corrected chi connectivity index (χ4v) is 6.64. The zero-order valence-electron chi connectivity index (χ0n) is 28.6. The Morgan fingerprint density at radius 3 is 2.35 bits per heavy atom. The molecule has 1 saturated heterocycles. The molecule has 8 nitrogen and oxygen atoms in total. The summed E-state index contributed by atoms with van der Waals surface area (Å²) >= 11 is 0. The monoisotopic (exact) mass is 647 g/mol. The fourth-order valence-electron chi connectivity index (χ4n) is 5.61. The van der Waals surface area contributed by atoms with Gasteiger partial charge in [0.05, 0.1) is 12.1 Å². The number of hydrogen-bond donors (Lipinski definition) is 0. The molecule has 10 heteroatoms. The molecule has 3 heterocycles. The summed E-state index contributed by atoms with van der Waals surface area (Å²) < 4.78 is 26.4. The van der Waals surface area contributed by atoms with E-state index in [2.05, 4.69) is 37.3 Å². The van der Waals surface area contributed by atoms with Crippen molar-refractivity contribution in [3.8, 4) is 0 Å². The zero-order valence-corrected chi connectivity index (χ0v) is 29.6. The van der Waals surface area contributed by atoms with E-state index in [-0.39, 0.29) is 35.2 Å². The summed E-state index contributed by atoms with van der Waals surface area (Å²) in [4.78, 5) is 38.7. The van der Waals surface area contributed by atoms with Gasteiger partial charge in [-0.25, -0.2) is 9.78 Å². The first-order chi connectivity index (χ1) is 21.5. The summed E-state index contributed by atoms with van der Waals surface area (Å²) in [6.45, 7) is 16.4. The molecular weight excluding hydrogens is 600 g/mol. The van der Waals surface area contributed by atoms with E-state index in [0.717, 1.165) is 29.5 Å². The molecule has 1 aliphatic rings. The number of aromatic nitrogens is 2. The number of ether oxygens (including phenoxy) is 1. The molecule has 2 amide bonds. The Hall–Kier alpha value is -3.63. The van der Waals surface area contributed by atoms with Crippen LogP contribution in [0.4, 0.5) is 9.18 Å². The molecule has 3 atom stereocenters. The lowest BCUT2D eigenvalue weighted by molar-refractivity contribution is -0.00139. The van der Waals surface area contributed by atoms with Gasteiger partial charge in [-0.3, -0.25) is 14.7 Å². The van der Waals surface area contributed by atoms with E-state index in [0.29, 0.717) is 24.1 Å². The molecule has 1 radical (unpaired) electrons. The number of benzene rings is 1. The highest BCUT2D eigenvalue weighted by Gasteiger charge is 2.45. The summed E-state index contributed by atoms with van der Waals surface area (Å²) in [5.41, 5.74) is 3.08. The van der Waals surface area contributed by atoms with Gasteiger partial charge in [0.25, 0.3) is 5.91 Å². The van der Waals surface area contributed by atoms with Crippen LogP contribution in [0.25, 0.3) is 0 Å². The van der Waals surface area contributed by atoms with Crippen molar-refractivity contribution in [2.24, 2.45) is 0 Å². The van der Waals surface area contributed by atoms with Gasteiger partial charge in [0.2, 0.25) is 15.0 Å². The average molecular weight is 648 g/mol. The molecule has 4 rings (SSSR count). The molecule has 0 spiro atoms. The van der Waals surface area contributed by atoms with Crippen molar-refractivity contribution in [1.29, 1.82) is 0 Å². The third kappa shape index (κ3) is 9.00. The Morgan fingerprint density at radius 1 is 1.07 bits per heavy atom. The Balaban J connectivity index is 1.55. The van der Waals surface area contributed by atoms with Crippen LogP contribution in [-0.4, -0.2) is 65.5 Å². The van der Waals surface area contributed by atoms with E-state index >= 15 is 0 Å². The predicted molar refractivity (Wildman–Crippen MR) is 179 cm³/mol. The lowest BCUT2D eigenvalue weighted by atomic mass is 10.0. The van der Waals surface area contributed by atoms with E-state index in [1.165, 1.54) is 6.20 Å². The summed E-state index contributed by atoms with van der Waals surface area (Å²) in [6, 6.07) is 12.9. The van der Waals surface area contributed by atoms with Crippen LogP contribution in [0.2, 0.25) is 11.6 Å². The maximum Gasteiger partial charge on any atom is 0.410 e. The number of rotatable bonds is 9. The van der Waals surface area contributed by atoms with Crippen LogP contribution in [0, 0.1) is 12.9 Å². The summed E-state index contributed by atoms with van der Waals surface area (Å²) in [7, 11) is 0.465. The number of hydrogen-bond acceptors (Lipinski definition) is 6. The van der Waals surface area contributed by atoms with E-state index < -0.39 is 20.6 Å². The van der Waals surface area contributed by atoms with Crippen molar-refractivity contribution in [3.63, 3.8) is 0 Å². The minimum absolute atomic E-state index is 0.00196. The van der Waals surface area contributed by atoms with E-state index in [1.54, 1.807) is 31.1 Å². The predicted octanol–water partition coefficient (Wildman–Crippen LogP) is 7.69. The lowest BCUT2D eigenvalue weighted by Gasteiger charge is -2.38. The number of amides is 2. The molecule has 2 aromatic heterocycles. The highest BCUT2D eigenvalue weighted by Crippen LogP contribution is 2.40. The largest absolute Gasteiger partial charge is 0.444 e. The number of pyridine rings is 2. The minimum Gasteiger partial charge on any atom is -0.444 e. The van der Waals surface area contributed by atoms with Gasteiger partial charge in [-0.2, -0.15) is 4.39 Å². The first-order valence-corrected chi connectivity index (χ1v) is 17.8. The summed E-state index contributed by atoms with van der Waals surface area (Å²) in [6.07, 6.45) is 6.53. The number of aryl methyl sites for hydroxylation is 1. The molecule has 0 N–H and O–H groups in total. The first kappa shape index (κ1) is 35.2. The van der Waals surface area contributed by atoms with E-state index in [4.69, 9.17) is 9.16 Å². The number of halogens is 1. The van der Waals surface area contributed by atoms with E-state index in [1.807, 2.05) is 68.3 Å². The Labute approximate surface area is 275 Å². The lowest BCUT2D eigenvalue weighted by Crippen LogP contribution is -2.48. The number of likely N-dealkylation sites (tertiary alicyclic amines) is 1. The second-order valence-electron chi connectivity index (χ2n) is 14.3. The molecule has 0 bridgehead atoms. The second-order valence-corrected chi connectivity index (χ2v) is 17.2. The number of nitrogens with zero attached hydrogens (tertiary/aromatic N) is 4.